The second-order valence-electron chi connectivity index (χ2n) is 6.20. The van der Waals surface area contributed by atoms with Gasteiger partial charge >= 0.3 is 6.03 Å². The normalized spacial score (nSPS) is 15.0. The van der Waals surface area contributed by atoms with E-state index < -0.39 is 0 Å². The third-order valence-electron chi connectivity index (χ3n) is 4.18. The molecule has 5 nitrogen and oxygen atoms in total. The number of nitrogens with one attached hydrogen (secondary N) is 2. The van der Waals surface area contributed by atoms with Crippen molar-refractivity contribution in [3.05, 3.63) is 47.0 Å². The first-order valence-electron chi connectivity index (χ1n) is 7.78. The fourth-order valence-electron chi connectivity index (χ4n) is 2.58. The van der Waals surface area contributed by atoms with Gasteiger partial charge in [-0.05, 0) is 18.4 Å². The van der Waals surface area contributed by atoms with Crippen LogP contribution in [0.4, 0.5) is 9.93 Å². The lowest BCUT2D eigenvalue weighted by atomic mass is 9.96. The zero-order valence-electron chi connectivity index (χ0n) is 13.5. The molecule has 122 valence electrons. The van der Waals surface area contributed by atoms with Gasteiger partial charge in [0.1, 0.15) is 0 Å². The zero-order valence-corrected chi connectivity index (χ0v) is 14.3. The van der Waals surface area contributed by atoms with Crippen LogP contribution in [0.2, 0.25) is 0 Å². The number of hydrogen-bond donors (Lipinski definition) is 2. The number of thiazole rings is 1. The lowest BCUT2D eigenvalue weighted by Gasteiger charge is -2.16. The van der Waals surface area contributed by atoms with Crippen LogP contribution in [0.25, 0.3) is 0 Å². The average molecular weight is 330 g/mol. The Bertz CT molecular complexity index is 664. The first kappa shape index (κ1) is 15.8. The van der Waals surface area contributed by atoms with Gasteiger partial charge in [0, 0.05) is 31.4 Å². The highest BCUT2D eigenvalue weighted by Crippen LogP contribution is 2.47. The van der Waals surface area contributed by atoms with Crippen molar-refractivity contribution in [1.29, 1.82) is 0 Å². The number of urea groups is 1. The van der Waals surface area contributed by atoms with Crippen LogP contribution in [0.3, 0.4) is 0 Å². The smallest absolute Gasteiger partial charge is 0.315 e. The largest absolute Gasteiger partial charge is 0.354 e. The highest BCUT2D eigenvalue weighted by atomic mass is 32.1. The quantitative estimate of drug-likeness (QED) is 0.856. The summed E-state index contributed by atoms with van der Waals surface area (Å²) < 4.78 is 0. The summed E-state index contributed by atoms with van der Waals surface area (Å²) in [5.41, 5.74) is 2.34. The van der Waals surface area contributed by atoms with Gasteiger partial charge in [-0.1, -0.05) is 30.3 Å². The van der Waals surface area contributed by atoms with E-state index in [1.165, 1.54) is 5.56 Å². The summed E-state index contributed by atoms with van der Waals surface area (Å²) in [6.45, 7) is 1.14. The molecule has 0 spiro atoms. The summed E-state index contributed by atoms with van der Waals surface area (Å²) in [6.07, 6.45) is 2.27. The van der Waals surface area contributed by atoms with Crippen LogP contribution in [0, 0.1) is 0 Å². The minimum atomic E-state index is -0.133. The highest BCUT2D eigenvalue weighted by molar-refractivity contribution is 7.13. The molecule has 23 heavy (non-hydrogen) atoms. The number of nitrogens with zero attached hydrogens (tertiary/aromatic N) is 2. The van der Waals surface area contributed by atoms with Crippen LogP contribution in [-0.2, 0) is 12.0 Å². The molecule has 0 radical (unpaired) electrons. The molecular weight excluding hydrogens is 308 g/mol. The molecule has 2 N–H and O–H groups in total. The van der Waals surface area contributed by atoms with E-state index in [9.17, 15) is 4.79 Å². The first-order valence-corrected chi connectivity index (χ1v) is 8.66. The molecule has 1 saturated carbocycles. The van der Waals surface area contributed by atoms with Crippen molar-refractivity contribution in [1.82, 2.24) is 15.6 Å². The van der Waals surface area contributed by atoms with E-state index in [1.807, 2.05) is 30.4 Å². The molecule has 1 aliphatic rings. The summed E-state index contributed by atoms with van der Waals surface area (Å²) in [5, 5.41) is 8.80. The Morgan fingerprint density at radius 3 is 2.61 bits per heavy atom. The van der Waals surface area contributed by atoms with E-state index in [4.69, 9.17) is 0 Å². The van der Waals surface area contributed by atoms with Crippen LogP contribution >= 0.6 is 11.3 Å². The van der Waals surface area contributed by atoms with Crippen LogP contribution in [0.5, 0.6) is 0 Å². The van der Waals surface area contributed by atoms with E-state index in [-0.39, 0.29) is 11.4 Å². The van der Waals surface area contributed by atoms with E-state index in [2.05, 4.69) is 39.9 Å². The van der Waals surface area contributed by atoms with Crippen molar-refractivity contribution in [3.63, 3.8) is 0 Å². The molecule has 0 atom stereocenters. The summed E-state index contributed by atoms with van der Waals surface area (Å²) in [6, 6.07) is 10.3. The zero-order chi connectivity index (χ0) is 16.3. The molecule has 0 aliphatic heterocycles. The predicted octanol–water partition coefficient (Wildman–Crippen LogP) is 2.74. The van der Waals surface area contributed by atoms with E-state index >= 15 is 0 Å². The molecule has 3 rings (SSSR count). The maximum atomic E-state index is 12.0. The van der Waals surface area contributed by atoms with Gasteiger partial charge in [-0.3, -0.25) is 0 Å². The molecular formula is C17H22N4OS. The standard InChI is InChI=1S/C17H22N4OS/c1-21(2)16-20-14(11-23-16)10-18-15(22)19-12-17(8-9-17)13-6-4-3-5-7-13/h3-7,11H,8-10,12H2,1-2H3,(H2,18,19,22). The number of aromatic nitrogens is 1. The van der Waals surface area contributed by atoms with E-state index in [0.29, 0.717) is 13.1 Å². The fourth-order valence-corrected chi connectivity index (χ4v) is 3.33. The van der Waals surface area contributed by atoms with Gasteiger partial charge in [-0.25, -0.2) is 9.78 Å². The Labute approximate surface area is 140 Å². The van der Waals surface area contributed by atoms with Gasteiger partial charge < -0.3 is 15.5 Å². The second-order valence-corrected chi connectivity index (χ2v) is 7.03. The van der Waals surface area contributed by atoms with Gasteiger partial charge in [0.15, 0.2) is 5.13 Å². The third kappa shape index (κ3) is 3.82. The van der Waals surface area contributed by atoms with Crippen LogP contribution < -0.4 is 15.5 Å². The number of anilines is 1. The van der Waals surface area contributed by atoms with Gasteiger partial charge in [-0.2, -0.15) is 0 Å². The maximum absolute atomic E-state index is 12.0. The van der Waals surface area contributed by atoms with Gasteiger partial charge in [0.25, 0.3) is 0 Å². The molecule has 1 fully saturated rings. The molecule has 2 amide bonds. The van der Waals surface area contributed by atoms with Crippen molar-refractivity contribution in [2.24, 2.45) is 0 Å². The van der Waals surface area contributed by atoms with Gasteiger partial charge in [0.2, 0.25) is 0 Å². The lowest BCUT2D eigenvalue weighted by molar-refractivity contribution is 0.239. The summed E-state index contributed by atoms with van der Waals surface area (Å²) in [4.78, 5) is 18.4. The molecule has 6 heteroatoms. The Kier molecular flexibility index (Phi) is 4.52. The molecule has 2 aromatic rings. The molecule has 1 heterocycles. The minimum Gasteiger partial charge on any atom is -0.354 e. The summed E-state index contributed by atoms with van der Waals surface area (Å²) in [7, 11) is 3.92. The number of amides is 2. The third-order valence-corrected chi connectivity index (χ3v) is 5.24. The van der Waals surface area contributed by atoms with Crippen LogP contribution in [0.1, 0.15) is 24.1 Å². The molecule has 0 unspecified atom stereocenters. The molecule has 0 bridgehead atoms. The summed E-state index contributed by atoms with van der Waals surface area (Å²) in [5.74, 6) is 0. The fraction of sp³-hybridized carbons (Fsp3) is 0.412. The molecule has 1 aliphatic carbocycles. The number of carbonyl (C=O) groups excluding carboxylic acids is 1. The number of carbonyl (C=O) groups is 1. The molecule has 1 aromatic carbocycles. The lowest BCUT2D eigenvalue weighted by Crippen LogP contribution is -2.39. The van der Waals surface area contributed by atoms with Gasteiger partial charge in [-0.15, -0.1) is 11.3 Å². The van der Waals surface area contributed by atoms with Crippen LogP contribution in [0.15, 0.2) is 35.7 Å². The maximum Gasteiger partial charge on any atom is 0.315 e. The average Bonchev–Trinajstić information content (AvgIpc) is 3.20. The monoisotopic (exact) mass is 330 g/mol. The van der Waals surface area contributed by atoms with Crippen molar-refractivity contribution in [2.75, 3.05) is 25.5 Å². The molecule has 0 saturated heterocycles. The number of hydrogen-bond acceptors (Lipinski definition) is 4. The topological polar surface area (TPSA) is 57.3 Å². The number of benzene rings is 1. The Hall–Kier alpha value is -2.08. The van der Waals surface area contributed by atoms with Crippen LogP contribution in [-0.4, -0.2) is 31.7 Å². The van der Waals surface area contributed by atoms with Crippen molar-refractivity contribution < 1.29 is 4.79 Å². The summed E-state index contributed by atoms with van der Waals surface area (Å²) >= 11 is 1.58. The Morgan fingerprint density at radius 2 is 2.00 bits per heavy atom. The predicted molar refractivity (Wildman–Crippen MR) is 94.0 cm³/mol. The Balaban J connectivity index is 1.46. The molecule has 1 aromatic heterocycles. The first-order chi connectivity index (χ1) is 11.1. The van der Waals surface area contributed by atoms with Gasteiger partial charge in [0.05, 0.1) is 12.2 Å². The highest BCUT2D eigenvalue weighted by Gasteiger charge is 2.44. The minimum absolute atomic E-state index is 0.133. The SMILES string of the molecule is CN(C)c1nc(CNC(=O)NCC2(c3ccccc3)CC2)cs1. The van der Waals surface area contributed by atoms with E-state index in [0.717, 1.165) is 23.7 Å². The second kappa shape index (κ2) is 6.58. The van der Waals surface area contributed by atoms with Crippen molar-refractivity contribution >= 4 is 22.5 Å². The van der Waals surface area contributed by atoms with E-state index in [1.54, 1.807) is 11.3 Å². The number of rotatable bonds is 6. The Morgan fingerprint density at radius 1 is 1.26 bits per heavy atom. The van der Waals surface area contributed by atoms with Crippen molar-refractivity contribution in [3.8, 4) is 0 Å². The van der Waals surface area contributed by atoms with Crippen molar-refractivity contribution in [2.45, 2.75) is 24.8 Å².